The van der Waals surface area contributed by atoms with Gasteiger partial charge in [-0.3, -0.25) is 14.3 Å². The second-order valence-corrected chi connectivity index (χ2v) is 12.9. The first-order valence-corrected chi connectivity index (χ1v) is 16.1. The summed E-state index contributed by atoms with van der Waals surface area (Å²) in [5, 5.41) is 14.5. The minimum Gasteiger partial charge on any atom is -0.340 e. The molecule has 3 aliphatic rings. The van der Waals surface area contributed by atoms with Gasteiger partial charge >= 0.3 is 0 Å². The molecule has 9 nitrogen and oxygen atoms in total. The maximum atomic E-state index is 13.7. The minimum absolute atomic E-state index is 0.233. The normalized spacial score (nSPS) is 16.8. The van der Waals surface area contributed by atoms with Crippen LogP contribution in [-0.2, 0) is 32.4 Å². The molecule has 0 bridgehead atoms. The van der Waals surface area contributed by atoms with E-state index in [1.165, 1.54) is 27.8 Å². The van der Waals surface area contributed by atoms with E-state index in [1.807, 2.05) is 16.9 Å². The molecule has 0 unspecified atom stereocenters. The van der Waals surface area contributed by atoms with Crippen LogP contribution in [0.5, 0.6) is 0 Å². The Hall–Kier alpha value is -4.19. The van der Waals surface area contributed by atoms with Crippen LogP contribution in [0.4, 0.5) is 10.2 Å². The molecule has 1 N–H and O–H groups in total. The number of allylic oxidation sites excluding steroid dienone is 2. The van der Waals surface area contributed by atoms with Gasteiger partial charge in [-0.15, -0.1) is 11.3 Å². The summed E-state index contributed by atoms with van der Waals surface area (Å²) in [6, 6.07) is 6.67. The van der Waals surface area contributed by atoms with Crippen molar-refractivity contribution in [3.63, 3.8) is 0 Å². The van der Waals surface area contributed by atoms with E-state index in [1.54, 1.807) is 29.8 Å². The van der Waals surface area contributed by atoms with Gasteiger partial charge in [0.2, 0.25) is 0 Å². The maximum absolute atomic E-state index is 13.7. The molecular formula is C33H34FN9S. The van der Waals surface area contributed by atoms with Crippen molar-refractivity contribution in [1.29, 1.82) is 0 Å². The summed E-state index contributed by atoms with van der Waals surface area (Å²) in [6.45, 7) is 6.96. The van der Waals surface area contributed by atoms with Gasteiger partial charge in [-0.25, -0.2) is 14.4 Å². The number of nitrogens with one attached hydrogen (secondary N) is 1. The Bertz CT molecular complexity index is 1910. The topological polar surface area (TPSA) is 79.9 Å². The first kappa shape index (κ1) is 27.4. The lowest BCUT2D eigenvalue weighted by Crippen LogP contribution is -2.45. The number of likely N-dealkylation sites (N-methyl/N-ethyl adjacent to an activating group) is 1. The van der Waals surface area contributed by atoms with Gasteiger partial charge < -0.3 is 10.2 Å². The predicted octanol–water partition coefficient (Wildman–Crippen LogP) is 4.85. The number of hydrogen-bond donors (Lipinski definition) is 1. The number of benzene rings is 1. The van der Waals surface area contributed by atoms with Gasteiger partial charge in [0.1, 0.15) is 22.8 Å². The summed E-state index contributed by atoms with van der Waals surface area (Å²) in [6.07, 6.45) is 14.8. The Balaban J connectivity index is 1.04. The monoisotopic (exact) mass is 607 g/mol. The molecule has 8 rings (SSSR count). The highest BCUT2D eigenvalue weighted by atomic mass is 32.1. The van der Waals surface area contributed by atoms with E-state index in [0.29, 0.717) is 6.54 Å². The van der Waals surface area contributed by atoms with Gasteiger partial charge in [0.25, 0.3) is 0 Å². The molecule has 11 heteroatoms. The molecule has 0 amide bonds. The summed E-state index contributed by atoms with van der Waals surface area (Å²) in [7, 11) is 2.19. The average molecular weight is 608 g/mol. The molecule has 0 spiro atoms. The second-order valence-electron chi connectivity index (χ2n) is 11.9. The third-order valence-corrected chi connectivity index (χ3v) is 9.98. The number of halogens is 1. The third-order valence-electron chi connectivity index (χ3n) is 8.81. The summed E-state index contributed by atoms with van der Waals surface area (Å²) < 4.78 is 17.7. The molecule has 1 aliphatic heterocycles. The Kier molecular flexibility index (Phi) is 7.08. The molecule has 224 valence electrons. The number of aryl methyl sites for hydroxylation is 2. The van der Waals surface area contributed by atoms with Crippen LogP contribution in [0.3, 0.4) is 0 Å². The second kappa shape index (κ2) is 11.4. The van der Waals surface area contributed by atoms with Crippen LogP contribution in [0.2, 0.25) is 0 Å². The van der Waals surface area contributed by atoms with Gasteiger partial charge in [-0.05, 0) is 55.3 Å². The predicted molar refractivity (Wildman–Crippen MR) is 172 cm³/mol. The van der Waals surface area contributed by atoms with Crippen molar-refractivity contribution in [2.75, 3.05) is 45.1 Å². The van der Waals surface area contributed by atoms with Gasteiger partial charge in [0, 0.05) is 73.2 Å². The molecule has 1 saturated heterocycles. The molecule has 5 heterocycles. The molecule has 1 aromatic carbocycles. The van der Waals surface area contributed by atoms with E-state index >= 15 is 0 Å². The molecule has 0 radical (unpaired) electrons. The summed E-state index contributed by atoms with van der Waals surface area (Å²) in [5.74, 6) is 0.591. The van der Waals surface area contributed by atoms with Crippen molar-refractivity contribution in [3.05, 3.63) is 94.7 Å². The van der Waals surface area contributed by atoms with Crippen LogP contribution < -0.4 is 5.32 Å². The van der Waals surface area contributed by atoms with Crippen molar-refractivity contribution in [1.82, 2.24) is 39.3 Å². The minimum atomic E-state index is -0.233. The zero-order chi connectivity index (χ0) is 29.6. The summed E-state index contributed by atoms with van der Waals surface area (Å²) in [5.41, 5.74) is 7.59. The lowest BCUT2D eigenvalue weighted by molar-refractivity contribution is 0.148. The number of nitrogens with zero attached hydrogens (tertiary/aromatic N) is 8. The van der Waals surface area contributed by atoms with E-state index in [0.717, 1.165) is 97.1 Å². The molecule has 0 atom stereocenters. The Labute approximate surface area is 259 Å². The van der Waals surface area contributed by atoms with Crippen molar-refractivity contribution in [3.8, 4) is 10.4 Å². The summed E-state index contributed by atoms with van der Waals surface area (Å²) in [4.78, 5) is 16.6. The fourth-order valence-electron chi connectivity index (χ4n) is 6.44. The van der Waals surface area contributed by atoms with E-state index in [9.17, 15) is 4.39 Å². The third kappa shape index (κ3) is 5.36. The van der Waals surface area contributed by atoms with Crippen molar-refractivity contribution in [2.45, 2.75) is 32.4 Å². The number of aromatic nitrogens is 6. The van der Waals surface area contributed by atoms with Crippen LogP contribution in [0, 0.1) is 5.82 Å². The number of rotatable bonds is 7. The number of hydrogen-bond acceptors (Lipinski definition) is 8. The van der Waals surface area contributed by atoms with Crippen LogP contribution in [0.1, 0.15) is 28.1 Å². The zero-order valence-corrected chi connectivity index (χ0v) is 25.5. The van der Waals surface area contributed by atoms with Crippen LogP contribution >= 0.6 is 11.3 Å². The van der Waals surface area contributed by atoms with Crippen LogP contribution in [-0.4, -0.2) is 79.1 Å². The molecule has 4 aromatic heterocycles. The Morgan fingerprint density at radius 2 is 1.86 bits per heavy atom. The Morgan fingerprint density at radius 1 is 0.977 bits per heavy atom. The number of anilines is 1. The van der Waals surface area contributed by atoms with Gasteiger partial charge in [0.05, 0.1) is 29.9 Å². The quantitative estimate of drug-likeness (QED) is 0.283. The van der Waals surface area contributed by atoms with Crippen molar-refractivity contribution >= 4 is 33.4 Å². The Morgan fingerprint density at radius 3 is 2.75 bits per heavy atom. The first-order valence-electron chi connectivity index (χ1n) is 15.3. The standard InChI is InChI=1S/C33H34FN9S/c1-40-10-12-41(13-11-40)14-15-42-20-27-29(39-42)9-8-26-30-32(35-21-36-33(30)44-31(26)27)37-25-6-3-7-28-23(17-25)19-43(38-28)18-22-4-2-5-24(34)16-22/h2-6,16-17,19-21H,7-15,18H2,1H3,(H,35,36,37). The maximum Gasteiger partial charge on any atom is 0.142 e. The van der Waals surface area contributed by atoms with E-state index < -0.39 is 0 Å². The fraction of sp³-hybridized carbons (Fsp3) is 0.333. The van der Waals surface area contributed by atoms with Crippen LogP contribution in [0.15, 0.2) is 60.8 Å². The van der Waals surface area contributed by atoms with E-state index in [-0.39, 0.29) is 5.82 Å². The number of thiophene rings is 1. The van der Waals surface area contributed by atoms with Gasteiger partial charge in [-0.1, -0.05) is 18.2 Å². The molecule has 2 aliphatic carbocycles. The van der Waals surface area contributed by atoms with Crippen molar-refractivity contribution < 1.29 is 4.39 Å². The largest absolute Gasteiger partial charge is 0.340 e. The SMILES string of the molecule is CN1CCN(CCn2cc3c(n2)CCc2c-3sc3ncnc(NC4=Cc5cn(Cc6cccc(F)c6)nc5CC=C4)c23)CC1. The lowest BCUT2D eigenvalue weighted by atomic mass is 9.95. The number of fused-ring (bicyclic) bond motifs is 6. The smallest absolute Gasteiger partial charge is 0.142 e. The highest BCUT2D eigenvalue weighted by Gasteiger charge is 2.27. The highest BCUT2D eigenvalue weighted by Crippen LogP contribution is 2.45. The first-order chi connectivity index (χ1) is 21.6. The highest BCUT2D eigenvalue weighted by molar-refractivity contribution is 7.22. The molecular weight excluding hydrogens is 573 g/mol. The average Bonchev–Trinajstić information content (AvgIpc) is 3.68. The van der Waals surface area contributed by atoms with Crippen LogP contribution in [0.25, 0.3) is 26.7 Å². The molecule has 0 saturated carbocycles. The molecule has 44 heavy (non-hydrogen) atoms. The summed E-state index contributed by atoms with van der Waals surface area (Å²) >= 11 is 1.74. The van der Waals surface area contributed by atoms with E-state index in [4.69, 9.17) is 15.2 Å². The lowest BCUT2D eigenvalue weighted by Gasteiger charge is -2.32. The zero-order valence-electron chi connectivity index (χ0n) is 24.7. The number of piperazine rings is 1. The van der Waals surface area contributed by atoms with E-state index in [2.05, 4.69) is 56.3 Å². The fourth-order valence-corrected chi connectivity index (χ4v) is 7.66. The molecule has 1 fully saturated rings. The van der Waals surface area contributed by atoms with Gasteiger partial charge in [0.15, 0.2) is 0 Å². The van der Waals surface area contributed by atoms with Crippen molar-refractivity contribution in [2.24, 2.45) is 0 Å². The molecule has 5 aromatic rings. The van der Waals surface area contributed by atoms with Gasteiger partial charge in [-0.2, -0.15) is 10.2 Å².